The van der Waals surface area contributed by atoms with Crippen molar-refractivity contribution in [2.24, 2.45) is 5.73 Å². The average molecular weight is 262 g/mol. The summed E-state index contributed by atoms with van der Waals surface area (Å²) in [6.45, 7) is 9.36. The van der Waals surface area contributed by atoms with E-state index in [4.69, 9.17) is 5.73 Å². The Labute approximate surface area is 114 Å². The number of amides is 1. The molecular formula is C14H22N4O. The van der Waals surface area contributed by atoms with Crippen LogP contribution in [0.2, 0.25) is 0 Å². The van der Waals surface area contributed by atoms with Crippen LogP contribution in [0.4, 0.5) is 5.82 Å². The molecule has 1 aliphatic heterocycles. The quantitative estimate of drug-likeness (QED) is 0.857. The number of aromatic nitrogens is 1. The lowest BCUT2D eigenvalue weighted by Gasteiger charge is -2.36. The number of aryl methyl sites for hydroxylation is 2. The number of hydrogen-bond acceptors (Lipinski definition) is 4. The van der Waals surface area contributed by atoms with Crippen LogP contribution < -0.4 is 10.6 Å². The third kappa shape index (κ3) is 2.87. The van der Waals surface area contributed by atoms with Crippen molar-refractivity contribution in [3.63, 3.8) is 0 Å². The highest BCUT2D eigenvalue weighted by Gasteiger charge is 2.22. The van der Waals surface area contributed by atoms with Gasteiger partial charge in [-0.3, -0.25) is 4.79 Å². The van der Waals surface area contributed by atoms with Crippen molar-refractivity contribution in [3.8, 4) is 0 Å². The molecule has 19 heavy (non-hydrogen) atoms. The molecule has 1 fully saturated rings. The summed E-state index contributed by atoms with van der Waals surface area (Å²) in [6.07, 6.45) is 0. The number of nitrogens with two attached hydrogens (primary N) is 1. The van der Waals surface area contributed by atoms with Crippen molar-refractivity contribution in [1.29, 1.82) is 0 Å². The molecule has 0 bridgehead atoms. The van der Waals surface area contributed by atoms with Gasteiger partial charge < -0.3 is 15.5 Å². The van der Waals surface area contributed by atoms with E-state index in [0.717, 1.165) is 43.3 Å². The third-order valence-corrected chi connectivity index (χ3v) is 3.68. The standard InChI is InChI=1S/C14H22N4O/c1-10-8-11(2)16-14(13(10)9-15)18-6-4-17(5-7-18)12(3)19/h8H,4-7,9,15H2,1-3H3. The number of pyridine rings is 1. The van der Waals surface area contributed by atoms with E-state index in [1.54, 1.807) is 6.92 Å². The SMILES string of the molecule is CC(=O)N1CCN(c2nc(C)cc(C)c2CN)CC1. The Morgan fingerprint density at radius 2 is 1.95 bits per heavy atom. The van der Waals surface area contributed by atoms with Gasteiger partial charge in [0.1, 0.15) is 5.82 Å². The molecule has 0 aromatic carbocycles. The molecule has 0 atom stereocenters. The Morgan fingerprint density at radius 3 is 2.47 bits per heavy atom. The Morgan fingerprint density at radius 1 is 1.32 bits per heavy atom. The molecule has 5 nitrogen and oxygen atoms in total. The number of carbonyl (C=O) groups excluding carboxylic acids is 1. The maximum atomic E-state index is 11.3. The number of anilines is 1. The van der Waals surface area contributed by atoms with Crippen molar-refractivity contribution in [2.75, 3.05) is 31.1 Å². The first-order valence-electron chi connectivity index (χ1n) is 6.70. The van der Waals surface area contributed by atoms with Crippen molar-refractivity contribution < 1.29 is 4.79 Å². The van der Waals surface area contributed by atoms with Crippen molar-refractivity contribution >= 4 is 11.7 Å². The van der Waals surface area contributed by atoms with Gasteiger partial charge in [0.15, 0.2) is 0 Å². The number of hydrogen-bond donors (Lipinski definition) is 1. The lowest BCUT2D eigenvalue weighted by atomic mass is 10.1. The van der Waals surface area contributed by atoms with Crippen molar-refractivity contribution in [2.45, 2.75) is 27.3 Å². The largest absolute Gasteiger partial charge is 0.353 e. The zero-order valence-corrected chi connectivity index (χ0v) is 11.9. The molecule has 104 valence electrons. The van der Waals surface area contributed by atoms with Gasteiger partial charge in [0.2, 0.25) is 5.91 Å². The van der Waals surface area contributed by atoms with E-state index in [9.17, 15) is 4.79 Å². The maximum Gasteiger partial charge on any atom is 0.219 e. The fraction of sp³-hybridized carbons (Fsp3) is 0.571. The summed E-state index contributed by atoms with van der Waals surface area (Å²) in [7, 11) is 0. The highest BCUT2D eigenvalue weighted by Crippen LogP contribution is 2.23. The molecule has 2 heterocycles. The van der Waals surface area contributed by atoms with Crippen LogP contribution in [0.5, 0.6) is 0 Å². The third-order valence-electron chi connectivity index (χ3n) is 3.68. The number of rotatable bonds is 2. The average Bonchev–Trinajstić information content (AvgIpc) is 2.38. The monoisotopic (exact) mass is 262 g/mol. The van der Waals surface area contributed by atoms with Crippen molar-refractivity contribution in [1.82, 2.24) is 9.88 Å². The van der Waals surface area contributed by atoms with Crippen molar-refractivity contribution in [3.05, 3.63) is 22.9 Å². The second-order valence-electron chi connectivity index (χ2n) is 5.08. The van der Waals surface area contributed by atoms with Crippen LogP contribution >= 0.6 is 0 Å². The molecule has 1 aromatic heterocycles. The maximum absolute atomic E-state index is 11.3. The smallest absolute Gasteiger partial charge is 0.219 e. The van der Waals surface area contributed by atoms with Gasteiger partial charge in [0.05, 0.1) is 0 Å². The van der Waals surface area contributed by atoms with Gasteiger partial charge in [0, 0.05) is 50.9 Å². The molecular weight excluding hydrogens is 240 g/mol. The minimum atomic E-state index is 0.145. The first kappa shape index (κ1) is 13.8. The molecule has 1 aromatic rings. The first-order valence-corrected chi connectivity index (χ1v) is 6.70. The van der Waals surface area contributed by atoms with Crippen LogP contribution in [0.1, 0.15) is 23.7 Å². The summed E-state index contributed by atoms with van der Waals surface area (Å²) in [4.78, 5) is 20.1. The second kappa shape index (κ2) is 5.57. The highest BCUT2D eigenvalue weighted by atomic mass is 16.2. The van der Waals surface area contributed by atoms with Crippen LogP contribution in [-0.2, 0) is 11.3 Å². The molecule has 5 heteroatoms. The predicted molar refractivity (Wildman–Crippen MR) is 76.1 cm³/mol. The van der Waals surface area contributed by atoms with E-state index < -0.39 is 0 Å². The zero-order chi connectivity index (χ0) is 14.0. The summed E-state index contributed by atoms with van der Waals surface area (Å²) in [6, 6.07) is 2.07. The van der Waals surface area contributed by atoms with E-state index in [1.165, 1.54) is 5.56 Å². The molecule has 1 saturated heterocycles. The predicted octanol–water partition coefficient (Wildman–Crippen LogP) is 0.826. The summed E-state index contributed by atoms with van der Waals surface area (Å²) in [5.74, 6) is 1.13. The number of piperazine rings is 1. The van der Waals surface area contributed by atoms with Gasteiger partial charge >= 0.3 is 0 Å². The van der Waals surface area contributed by atoms with Crippen LogP contribution in [0.25, 0.3) is 0 Å². The Bertz CT molecular complexity index is 479. The van der Waals surface area contributed by atoms with Crippen LogP contribution in [0.15, 0.2) is 6.07 Å². The van der Waals surface area contributed by atoms with Gasteiger partial charge in [-0.05, 0) is 25.5 Å². The molecule has 1 aliphatic rings. The fourth-order valence-corrected chi connectivity index (χ4v) is 2.59. The second-order valence-corrected chi connectivity index (χ2v) is 5.08. The van der Waals surface area contributed by atoms with E-state index >= 15 is 0 Å². The summed E-state index contributed by atoms with van der Waals surface area (Å²) < 4.78 is 0. The number of nitrogens with zero attached hydrogens (tertiary/aromatic N) is 3. The fourth-order valence-electron chi connectivity index (χ4n) is 2.59. The normalized spacial score (nSPS) is 15.8. The first-order chi connectivity index (χ1) is 9.02. The van der Waals surface area contributed by atoms with Gasteiger partial charge in [-0.2, -0.15) is 0 Å². The van der Waals surface area contributed by atoms with Crippen LogP contribution in [0, 0.1) is 13.8 Å². The molecule has 2 rings (SSSR count). The molecule has 0 radical (unpaired) electrons. The van der Waals surface area contributed by atoms with Gasteiger partial charge in [-0.15, -0.1) is 0 Å². The van der Waals surface area contributed by atoms with E-state index in [-0.39, 0.29) is 5.91 Å². The molecule has 0 spiro atoms. The topological polar surface area (TPSA) is 62.5 Å². The van der Waals surface area contributed by atoms with E-state index in [0.29, 0.717) is 6.54 Å². The lowest BCUT2D eigenvalue weighted by Crippen LogP contribution is -2.48. The van der Waals surface area contributed by atoms with Crippen LogP contribution in [-0.4, -0.2) is 42.0 Å². The molecule has 0 saturated carbocycles. The van der Waals surface area contributed by atoms with Crippen LogP contribution in [0.3, 0.4) is 0 Å². The summed E-state index contributed by atoms with van der Waals surface area (Å²) >= 11 is 0. The Balaban J connectivity index is 2.21. The Kier molecular flexibility index (Phi) is 4.04. The summed E-state index contributed by atoms with van der Waals surface area (Å²) in [5.41, 5.74) is 9.17. The number of carbonyl (C=O) groups is 1. The molecule has 2 N–H and O–H groups in total. The minimum absolute atomic E-state index is 0.145. The molecule has 1 amide bonds. The van der Waals surface area contributed by atoms with E-state index in [2.05, 4.69) is 22.9 Å². The lowest BCUT2D eigenvalue weighted by molar-refractivity contribution is -0.129. The van der Waals surface area contributed by atoms with Gasteiger partial charge in [0.25, 0.3) is 0 Å². The van der Waals surface area contributed by atoms with Gasteiger partial charge in [-0.25, -0.2) is 4.98 Å². The zero-order valence-electron chi connectivity index (χ0n) is 11.9. The van der Waals surface area contributed by atoms with Gasteiger partial charge in [-0.1, -0.05) is 0 Å². The molecule has 0 aliphatic carbocycles. The highest BCUT2D eigenvalue weighted by molar-refractivity contribution is 5.73. The molecule has 0 unspecified atom stereocenters. The Hall–Kier alpha value is -1.62. The van der Waals surface area contributed by atoms with E-state index in [1.807, 2.05) is 11.8 Å². The minimum Gasteiger partial charge on any atom is -0.353 e. The summed E-state index contributed by atoms with van der Waals surface area (Å²) in [5, 5.41) is 0.